The van der Waals surface area contributed by atoms with E-state index in [1.165, 1.54) is 0 Å². The van der Waals surface area contributed by atoms with Gasteiger partial charge in [-0.1, -0.05) is 13.8 Å². The molecule has 2 aromatic heterocycles. The Balaban J connectivity index is 1.42. The predicted octanol–water partition coefficient (Wildman–Crippen LogP) is 1.94. The minimum atomic E-state index is -2.84. The Morgan fingerprint density at radius 2 is 2.03 bits per heavy atom. The van der Waals surface area contributed by atoms with E-state index < -0.39 is 9.84 Å². The fourth-order valence-electron chi connectivity index (χ4n) is 4.21. The fraction of sp³-hybridized carbons (Fsp3) is 0.684. The molecule has 0 radical (unpaired) electrons. The SMILES string of the molecule is CC(C)c1nn(CN2CCN(C3CCS(=O)(=O)C3)CC2)c(=S)n1Cc1ccco1. The topological polar surface area (TPSA) is 76.5 Å². The molecule has 0 aliphatic carbocycles. The van der Waals surface area contributed by atoms with E-state index in [0.717, 1.165) is 44.2 Å². The Morgan fingerprint density at radius 1 is 1.28 bits per heavy atom. The van der Waals surface area contributed by atoms with Crippen molar-refractivity contribution in [1.82, 2.24) is 24.1 Å². The maximum Gasteiger partial charge on any atom is 0.199 e. The van der Waals surface area contributed by atoms with E-state index in [1.807, 2.05) is 16.8 Å². The van der Waals surface area contributed by atoms with Crippen molar-refractivity contribution >= 4 is 22.1 Å². The van der Waals surface area contributed by atoms with Crippen molar-refractivity contribution in [2.75, 3.05) is 37.7 Å². The van der Waals surface area contributed by atoms with Gasteiger partial charge in [0, 0.05) is 38.1 Å². The van der Waals surface area contributed by atoms with Crippen LogP contribution in [0.25, 0.3) is 0 Å². The number of rotatable bonds is 6. The zero-order valence-corrected chi connectivity index (χ0v) is 18.7. The third-order valence-electron chi connectivity index (χ3n) is 5.83. The van der Waals surface area contributed by atoms with Crippen LogP contribution < -0.4 is 0 Å². The summed E-state index contributed by atoms with van der Waals surface area (Å²) in [4.78, 5) is 4.67. The predicted molar refractivity (Wildman–Crippen MR) is 113 cm³/mol. The maximum absolute atomic E-state index is 11.8. The number of furan rings is 1. The first-order valence-electron chi connectivity index (χ1n) is 10.2. The van der Waals surface area contributed by atoms with Gasteiger partial charge < -0.3 is 4.42 Å². The van der Waals surface area contributed by atoms with Crippen LogP contribution in [0.2, 0.25) is 0 Å². The highest BCUT2D eigenvalue weighted by Crippen LogP contribution is 2.20. The van der Waals surface area contributed by atoms with Crippen LogP contribution in [0.15, 0.2) is 22.8 Å². The Labute approximate surface area is 177 Å². The monoisotopic (exact) mass is 439 g/mol. The third-order valence-corrected chi connectivity index (χ3v) is 8.01. The lowest BCUT2D eigenvalue weighted by atomic mass is 10.2. The molecular weight excluding hydrogens is 410 g/mol. The lowest BCUT2D eigenvalue weighted by Crippen LogP contribution is -2.51. The summed E-state index contributed by atoms with van der Waals surface area (Å²) < 4.78 is 33.7. The number of aromatic nitrogens is 3. The standard InChI is InChI=1S/C19H29N5O3S2/c1-15(2)18-20-24(19(28)23(18)12-17-4-3-10-27-17)14-21-6-8-22(9-7-21)16-5-11-29(25,26)13-16/h3-4,10,15-16H,5-9,11-14H2,1-2H3. The van der Waals surface area contributed by atoms with Gasteiger partial charge in [0.1, 0.15) is 11.6 Å². The number of sulfone groups is 1. The molecule has 2 aliphatic rings. The molecule has 10 heteroatoms. The summed E-state index contributed by atoms with van der Waals surface area (Å²) in [6.07, 6.45) is 2.44. The molecule has 0 saturated carbocycles. The number of hydrogen-bond acceptors (Lipinski definition) is 7. The van der Waals surface area contributed by atoms with Crippen molar-refractivity contribution in [1.29, 1.82) is 0 Å². The molecule has 160 valence electrons. The van der Waals surface area contributed by atoms with Crippen LogP contribution in [0.3, 0.4) is 0 Å². The van der Waals surface area contributed by atoms with Gasteiger partial charge in [-0.05, 0) is 30.8 Å². The zero-order chi connectivity index (χ0) is 20.6. The van der Waals surface area contributed by atoms with E-state index in [-0.39, 0.29) is 12.0 Å². The van der Waals surface area contributed by atoms with E-state index in [4.69, 9.17) is 21.7 Å². The first kappa shape index (κ1) is 20.8. The molecule has 0 spiro atoms. The van der Waals surface area contributed by atoms with E-state index >= 15 is 0 Å². The lowest BCUT2D eigenvalue weighted by molar-refractivity contribution is 0.0806. The van der Waals surface area contributed by atoms with Crippen molar-refractivity contribution < 1.29 is 12.8 Å². The average molecular weight is 440 g/mol. The van der Waals surface area contributed by atoms with Crippen LogP contribution in [0.1, 0.15) is 37.8 Å². The van der Waals surface area contributed by atoms with Gasteiger partial charge in [0.15, 0.2) is 14.6 Å². The van der Waals surface area contributed by atoms with E-state index in [1.54, 1.807) is 6.26 Å². The average Bonchev–Trinajstić information content (AvgIpc) is 3.38. The Bertz CT molecular complexity index is 986. The Morgan fingerprint density at radius 3 is 2.62 bits per heavy atom. The first-order valence-corrected chi connectivity index (χ1v) is 12.4. The molecule has 2 aliphatic heterocycles. The molecular formula is C19H29N5O3S2. The molecule has 2 saturated heterocycles. The second kappa shape index (κ2) is 8.33. The van der Waals surface area contributed by atoms with Crippen molar-refractivity contribution in [3.8, 4) is 0 Å². The van der Waals surface area contributed by atoms with E-state index in [9.17, 15) is 8.42 Å². The quantitative estimate of drug-likeness (QED) is 0.637. The first-order chi connectivity index (χ1) is 13.8. The van der Waals surface area contributed by atoms with Crippen LogP contribution in [0, 0.1) is 4.77 Å². The van der Waals surface area contributed by atoms with Crippen molar-refractivity contribution in [2.24, 2.45) is 0 Å². The molecule has 0 aromatic carbocycles. The summed E-state index contributed by atoms with van der Waals surface area (Å²) in [6, 6.07) is 4.02. The number of nitrogens with zero attached hydrogens (tertiary/aromatic N) is 5. The molecule has 0 N–H and O–H groups in total. The molecule has 29 heavy (non-hydrogen) atoms. The number of piperazine rings is 1. The second-order valence-corrected chi connectivity index (χ2v) is 10.9. The molecule has 2 aromatic rings. The van der Waals surface area contributed by atoms with Gasteiger partial charge in [0.25, 0.3) is 0 Å². The highest BCUT2D eigenvalue weighted by atomic mass is 32.2. The molecule has 4 heterocycles. The molecule has 0 amide bonds. The van der Waals surface area contributed by atoms with Crippen LogP contribution in [-0.4, -0.2) is 76.3 Å². The summed E-state index contributed by atoms with van der Waals surface area (Å²) in [6.45, 7) is 9.03. The molecule has 1 atom stereocenters. The largest absolute Gasteiger partial charge is 0.467 e. The molecule has 4 rings (SSSR count). The summed E-state index contributed by atoms with van der Waals surface area (Å²) >= 11 is 5.73. The summed E-state index contributed by atoms with van der Waals surface area (Å²) in [5.41, 5.74) is 0. The fourth-order valence-corrected chi connectivity index (χ4v) is 6.22. The molecule has 2 fully saturated rings. The van der Waals surface area contributed by atoms with Crippen LogP contribution in [0.5, 0.6) is 0 Å². The van der Waals surface area contributed by atoms with Gasteiger partial charge >= 0.3 is 0 Å². The Hall–Kier alpha value is -1.49. The lowest BCUT2D eigenvalue weighted by Gasteiger charge is -2.37. The van der Waals surface area contributed by atoms with Gasteiger partial charge in [0.2, 0.25) is 0 Å². The maximum atomic E-state index is 11.8. The number of hydrogen-bond donors (Lipinski definition) is 0. The van der Waals surface area contributed by atoms with E-state index in [2.05, 4.69) is 28.2 Å². The third kappa shape index (κ3) is 4.65. The van der Waals surface area contributed by atoms with Crippen LogP contribution in [-0.2, 0) is 23.1 Å². The summed E-state index contributed by atoms with van der Waals surface area (Å²) in [7, 11) is -2.84. The van der Waals surface area contributed by atoms with Gasteiger partial charge in [-0.25, -0.2) is 13.1 Å². The highest BCUT2D eigenvalue weighted by molar-refractivity contribution is 7.91. The normalized spacial score (nSPS) is 23.2. The van der Waals surface area contributed by atoms with Gasteiger partial charge in [0.05, 0.1) is 31.0 Å². The summed E-state index contributed by atoms with van der Waals surface area (Å²) in [5, 5.41) is 4.80. The molecule has 8 nitrogen and oxygen atoms in total. The van der Waals surface area contributed by atoms with Crippen LogP contribution in [0.4, 0.5) is 0 Å². The van der Waals surface area contributed by atoms with E-state index in [0.29, 0.717) is 29.5 Å². The zero-order valence-electron chi connectivity index (χ0n) is 17.0. The minimum Gasteiger partial charge on any atom is -0.467 e. The van der Waals surface area contributed by atoms with Gasteiger partial charge in [-0.15, -0.1) is 0 Å². The van der Waals surface area contributed by atoms with Crippen molar-refractivity contribution in [3.05, 3.63) is 34.8 Å². The van der Waals surface area contributed by atoms with Gasteiger partial charge in [-0.2, -0.15) is 5.10 Å². The molecule has 0 bridgehead atoms. The Kier molecular flexibility index (Phi) is 5.97. The molecule has 1 unspecified atom stereocenters. The minimum absolute atomic E-state index is 0.185. The smallest absolute Gasteiger partial charge is 0.199 e. The van der Waals surface area contributed by atoms with Crippen molar-refractivity contribution in [3.63, 3.8) is 0 Å². The van der Waals surface area contributed by atoms with Crippen molar-refractivity contribution in [2.45, 2.75) is 45.4 Å². The van der Waals surface area contributed by atoms with Crippen LogP contribution >= 0.6 is 12.2 Å². The van der Waals surface area contributed by atoms with Gasteiger partial charge in [-0.3, -0.25) is 14.4 Å². The highest BCUT2D eigenvalue weighted by Gasteiger charge is 2.33. The summed E-state index contributed by atoms with van der Waals surface area (Å²) in [5.74, 6) is 2.73. The second-order valence-electron chi connectivity index (χ2n) is 8.31.